The Morgan fingerprint density at radius 2 is 2.00 bits per heavy atom. The van der Waals surface area contributed by atoms with Gasteiger partial charge in [-0.1, -0.05) is 18.2 Å². The minimum Gasteiger partial charge on any atom is -0.356 e. The van der Waals surface area contributed by atoms with Crippen molar-refractivity contribution in [2.45, 2.75) is 25.8 Å². The maximum atomic E-state index is 14.2. The van der Waals surface area contributed by atoms with Gasteiger partial charge in [0.2, 0.25) is 5.91 Å². The number of piperidine rings is 1. The maximum absolute atomic E-state index is 14.2. The van der Waals surface area contributed by atoms with Gasteiger partial charge in [0.25, 0.3) is 0 Å². The lowest BCUT2D eigenvalue weighted by Gasteiger charge is -2.36. The van der Waals surface area contributed by atoms with Gasteiger partial charge in [0.05, 0.1) is 18.2 Å². The number of thiazole rings is 1. The summed E-state index contributed by atoms with van der Waals surface area (Å²) in [6.07, 6.45) is 4.42. The van der Waals surface area contributed by atoms with Crippen LogP contribution in [0.4, 0.5) is 10.2 Å². The molecule has 5 nitrogen and oxygen atoms in total. The van der Waals surface area contributed by atoms with Crippen LogP contribution in [0.1, 0.15) is 23.4 Å². The molecule has 30 heavy (non-hydrogen) atoms. The van der Waals surface area contributed by atoms with Gasteiger partial charge in [-0.3, -0.25) is 4.79 Å². The van der Waals surface area contributed by atoms with Crippen LogP contribution in [-0.4, -0.2) is 40.4 Å². The molecular formula is C23H23FN4OS. The van der Waals surface area contributed by atoms with Crippen LogP contribution >= 0.6 is 11.3 Å². The van der Waals surface area contributed by atoms with Gasteiger partial charge in [0.1, 0.15) is 16.6 Å². The van der Waals surface area contributed by atoms with E-state index < -0.39 is 0 Å². The Balaban J connectivity index is 1.30. The number of hydrogen-bond acceptors (Lipinski definition) is 5. The number of aromatic nitrogens is 2. The highest BCUT2D eigenvalue weighted by atomic mass is 32.1. The summed E-state index contributed by atoms with van der Waals surface area (Å²) in [7, 11) is 0. The summed E-state index contributed by atoms with van der Waals surface area (Å²) >= 11 is 1.50. The molecule has 7 heteroatoms. The number of fused-ring (bicyclic) bond motifs is 1. The second-order valence-electron chi connectivity index (χ2n) is 7.85. The molecule has 1 unspecified atom stereocenters. The average molecular weight is 423 g/mol. The maximum Gasteiger partial charge on any atom is 0.227 e. The Kier molecular flexibility index (Phi) is 5.21. The number of carbonyl (C=O) groups is 1. The molecule has 0 N–H and O–H groups in total. The molecule has 3 aromatic rings. The second-order valence-corrected chi connectivity index (χ2v) is 8.94. The van der Waals surface area contributed by atoms with Crippen LogP contribution in [-0.2, 0) is 17.8 Å². The highest BCUT2D eigenvalue weighted by Crippen LogP contribution is 2.34. The summed E-state index contributed by atoms with van der Waals surface area (Å²) in [6, 6.07) is 12.6. The van der Waals surface area contributed by atoms with Crippen LogP contribution in [0.25, 0.3) is 10.6 Å². The highest BCUT2D eigenvalue weighted by Gasteiger charge is 2.32. The number of benzene rings is 1. The first-order valence-corrected chi connectivity index (χ1v) is 11.2. The molecule has 1 saturated heterocycles. The third-order valence-corrected chi connectivity index (χ3v) is 7.01. The lowest BCUT2D eigenvalue weighted by Crippen LogP contribution is -2.46. The molecule has 0 saturated carbocycles. The van der Waals surface area contributed by atoms with Gasteiger partial charge < -0.3 is 9.80 Å². The van der Waals surface area contributed by atoms with E-state index in [0.29, 0.717) is 30.2 Å². The summed E-state index contributed by atoms with van der Waals surface area (Å²) in [5.41, 5.74) is 1.54. The second kappa shape index (κ2) is 8.14. The Morgan fingerprint density at radius 1 is 1.13 bits per heavy atom. The van der Waals surface area contributed by atoms with Crippen molar-refractivity contribution in [1.82, 2.24) is 14.9 Å². The predicted molar refractivity (Wildman–Crippen MR) is 116 cm³/mol. The van der Waals surface area contributed by atoms with Crippen LogP contribution in [0.15, 0.2) is 48.7 Å². The number of pyridine rings is 1. The number of anilines is 1. The third-order valence-electron chi connectivity index (χ3n) is 5.89. The Hall–Kier alpha value is -2.80. The van der Waals surface area contributed by atoms with Gasteiger partial charge in [-0.2, -0.15) is 0 Å². The lowest BCUT2D eigenvalue weighted by atomic mass is 9.95. The predicted octanol–water partition coefficient (Wildman–Crippen LogP) is 4.15. The fraction of sp³-hybridized carbons (Fsp3) is 0.348. The molecule has 1 aromatic carbocycles. The third kappa shape index (κ3) is 3.69. The molecule has 2 aliphatic heterocycles. The lowest BCUT2D eigenvalue weighted by molar-refractivity contribution is -0.136. The number of halogens is 1. The van der Waals surface area contributed by atoms with Gasteiger partial charge in [0.15, 0.2) is 0 Å². The van der Waals surface area contributed by atoms with Crippen molar-refractivity contribution in [3.05, 3.63) is 65.0 Å². The van der Waals surface area contributed by atoms with E-state index in [2.05, 4.69) is 14.9 Å². The van der Waals surface area contributed by atoms with Crippen LogP contribution < -0.4 is 4.90 Å². The van der Waals surface area contributed by atoms with Gasteiger partial charge in [-0.05, 0) is 37.1 Å². The number of nitrogens with zero attached hydrogens (tertiary/aromatic N) is 4. The molecule has 0 radical (unpaired) electrons. The van der Waals surface area contributed by atoms with Crippen LogP contribution in [0.5, 0.6) is 0 Å². The number of amides is 1. The summed E-state index contributed by atoms with van der Waals surface area (Å²) < 4.78 is 14.2. The van der Waals surface area contributed by atoms with Crippen molar-refractivity contribution < 1.29 is 9.18 Å². The minimum atomic E-state index is -0.256. The van der Waals surface area contributed by atoms with Gasteiger partial charge in [-0.15, -0.1) is 11.3 Å². The Morgan fingerprint density at radius 3 is 2.83 bits per heavy atom. The quantitative estimate of drug-likeness (QED) is 0.636. The van der Waals surface area contributed by atoms with E-state index in [1.807, 2.05) is 29.2 Å². The Bertz CT molecular complexity index is 1050. The van der Waals surface area contributed by atoms with E-state index in [4.69, 9.17) is 0 Å². The molecule has 0 bridgehead atoms. The Labute approximate surface area is 179 Å². The fourth-order valence-electron chi connectivity index (χ4n) is 4.32. The normalized spacial score (nSPS) is 18.9. The van der Waals surface area contributed by atoms with Crippen molar-refractivity contribution in [3.8, 4) is 10.6 Å². The molecular weight excluding hydrogens is 399 g/mol. The SMILES string of the molecule is O=C(C1CCCN(c2ccccn2)C1)N1CCc2nc(-c3ccccc3F)sc2C1. The fourth-order valence-corrected chi connectivity index (χ4v) is 5.47. The van der Waals surface area contributed by atoms with Gasteiger partial charge in [0, 0.05) is 42.7 Å². The number of carbonyl (C=O) groups excluding carboxylic acids is 1. The zero-order valence-electron chi connectivity index (χ0n) is 16.6. The van der Waals surface area contributed by atoms with Crippen LogP contribution in [0.2, 0.25) is 0 Å². The summed E-state index contributed by atoms with van der Waals surface area (Å²) in [4.78, 5) is 27.6. The molecule has 4 heterocycles. The minimum absolute atomic E-state index is 0.0127. The first-order valence-electron chi connectivity index (χ1n) is 10.4. The standard InChI is InChI=1S/C23H23FN4OS/c24-18-8-2-1-7-17(18)22-26-19-10-13-28(15-20(19)30-22)23(29)16-6-5-12-27(14-16)21-9-3-4-11-25-21/h1-4,7-9,11,16H,5-6,10,12-15H2. The molecule has 5 rings (SSSR count). The average Bonchev–Trinajstić information content (AvgIpc) is 3.22. The molecule has 1 atom stereocenters. The smallest absolute Gasteiger partial charge is 0.227 e. The monoisotopic (exact) mass is 422 g/mol. The van der Waals surface area contributed by atoms with Crippen molar-refractivity contribution in [2.75, 3.05) is 24.5 Å². The molecule has 2 aromatic heterocycles. The van der Waals surface area contributed by atoms with Gasteiger partial charge in [-0.25, -0.2) is 14.4 Å². The first kappa shape index (κ1) is 19.2. The zero-order chi connectivity index (χ0) is 20.5. The molecule has 1 amide bonds. The van der Waals surface area contributed by atoms with E-state index in [1.54, 1.807) is 18.3 Å². The first-order chi connectivity index (χ1) is 14.7. The molecule has 1 fully saturated rings. The van der Waals surface area contributed by atoms with Crippen LogP contribution in [0.3, 0.4) is 0 Å². The molecule has 154 valence electrons. The topological polar surface area (TPSA) is 49.3 Å². The molecule has 2 aliphatic rings. The van der Waals surface area contributed by atoms with E-state index >= 15 is 0 Å². The molecule has 0 spiro atoms. The molecule has 0 aliphatic carbocycles. The largest absolute Gasteiger partial charge is 0.356 e. The summed E-state index contributed by atoms with van der Waals surface area (Å²) in [5.74, 6) is 0.879. The van der Waals surface area contributed by atoms with Crippen molar-refractivity contribution in [3.63, 3.8) is 0 Å². The van der Waals surface area contributed by atoms with Crippen molar-refractivity contribution in [1.29, 1.82) is 0 Å². The highest BCUT2D eigenvalue weighted by molar-refractivity contribution is 7.15. The van der Waals surface area contributed by atoms with Gasteiger partial charge >= 0.3 is 0 Å². The van der Waals surface area contributed by atoms with E-state index in [-0.39, 0.29) is 17.6 Å². The van der Waals surface area contributed by atoms with Crippen molar-refractivity contribution >= 4 is 23.1 Å². The van der Waals surface area contributed by atoms with Crippen LogP contribution in [0, 0.1) is 11.7 Å². The van der Waals surface area contributed by atoms with E-state index in [0.717, 1.165) is 42.2 Å². The van der Waals surface area contributed by atoms with E-state index in [9.17, 15) is 9.18 Å². The van der Waals surface area contributed by atoms with Crippen molar-refractivity contribution in [2.24, 2.45) is 5.92 Å². The number of rotatable bonds is 3. The zero-order valence-corrected chi connectivity index (χ0v) is 17.4. The number of hydrogen-bond donors (Lipinski definition) is 0. The summed E-state index contributed by atoms with van der Waals surface area (Å²) in [5, 5.41) is 0.700. The van der Waals surface area contributed by atoms with E-state index in [1.165, 1.54) is 17.4 Å². The summed E-state index contributed by atoms with van der Waals surface area (Å²) in [6.45, 7) is 2.89.